The fourth-order valence-electron chi connectivity index (χ4n) is 4.88. The lowest BCUT2D eigenvalue weighted by Gasteiger charge is -2.28. The molecule has 0 bridgehead atoms. The Kier molecular flexibility index (Phi) is 12.7. The first-order chi connectivity index (χ1) is 24.4. The second kappa shape index (κ2) is 16.7. The van der Waals surface area contributed by atoms with Gasteiger partial charge in [-0.15, -0.1) is 0 Å². The van der Waals surface area contributed by atoms with Crippen LogP contribution in [0.2, 0.25) is 0 Å². The lowest BCUT2D eigenvalue weighted by atomic mass is 10.2. The number of ether oxygens (including phenoxy) is 1. The number of benzene rings is 2. The number of carboxylic acid groups (broad SMARTS) is 1. The Morgan fingerprint density at radius 2 is 1.40 bits per heavy atom. The van der Waals surface area contributed by atoms with E-state index in [0.29, 0.717) is 66.6 Å². The van der Waals surface area contributed by atoms with Gasteiger partial charge in [0.1, 0.15) is 18.0 Å². The molecule has 1 saturated heterocycles. The highest BCUT2D eigenvalue weighted by Gasteiger charge is 2.38. The fourth-order valence-corrected chi connectivity index (χ4v) is 4.88. The molecular formula is C33H36F6N8O5. The van der Waals surface area contributed by atoms with Crippen LogP contribution in [-0.4, -0.2) is 120 Å². The molecule has 19 heteroatoms. The monoisotopic (exact) mass is 738 g/mol. The van der Waals surface area contributed by atoms with Gasteiger partial charge in [0, 0.05) is 61.9 Å². The lowest BCUT2D eigenvalue weighted by Crippen LogP contribution is -2.37. The number of anilines is 3. The summed E-state index contributed by atoms with van der Waals surface area (Å²) in [4.78, 5) is 49.1. The lowest BCUT2D eigenvalue weighted by molar-refractivity contribution is -0.192. The molecule has 0 radical (unpaired) electrons. The van der Waals surface area contributed by atoms with Crippen molar-refractivity contribution in [2.45, 2.75) is 18.9 Å². The Labute approximate surface area is 293 Å². The van der Waals surface area contributed by atoms with Crippen molar-refractivity contribution < 1.29 is 50.6 Å². The van der Waals surface area contributed by atoms with Gasteiger partial charge < -0.3 is 39.7 Å². The van der Waals surface area contributed by atoms with Gasteiger partial charge in [0.2, 0.25) is 0 Å². The highest BCUT2D eigenvalue weighted by atomic mass is 19.4. The third-order valence-corrected chi connectivity index (χ3v) is 7.52. The number of nitrogens with zero attached hydrogens (tertiary/aromatic N) is 6. The Morgan fingerprint density at radius 1 is 0.846 bits per heavy atom. The van der Waals surface area contributed by atoms with E-state index in [2.05, 4.69) is 15.6 Å². The van der Waals surface area contributed by atoms with Crippen LogP contribution in [0.3, 0.4) is 0 Å². The van der Waals surface area contributed by atoms with Crippen molar-refractivity contribution in [1.29, 1.82) is 0 Å². The molecule has 4 aromatic rings. The number of aliphatic carboxylic acids is 1. The summed E-state index contributed by atoms with van der Waals surface area (Å²) in [5.74, 6) is -2.05. The topological polar surface area (TPSA) is 145 Å². The molecule has 1 fully saturated rings. The molecule has 0 unspecified atom stereocenters. The first-order valence-electron chi connectivity index (χ1n) is 15.7. The number of alkyl halides is 6. The van der Waals surface area contributed by atoms with Crippen molar-refractivity contribution in [2.75, 3.05) is 76.1 Å². The number of likely N-dealkylation sites (N-methyl/N-ethyl adjacent to an activating group) is 2. The van der Waals surface area contributed by atoms with Crippen molar-refractivity contribution in [1.82, 2.24) is 24.3 Å². The molecule has 1 aliphatic heterocycles. The fraction of sp³-hybridized carbons (Fsp3) is 0.364. The maximum atomic E-state index is 13.3. The molecule has 2 aromatic heterocycles. The normalized spacial score (nSPS) is 13.4. The van der Waals surface area contributed by atoms with E-state index in [9.17, 15) is 35.9 Å². The van der Waals surface area contributed by atoms with Crippen molar-refractivity contribution in [3.63, 3.8) is 0 Å². The third-order valence-electron chi connectivity index (χ3n) is 7.52. The van der Waals surface area contributed by atoms with Gasteiger partial charge in [0.15, 0.2) is 5.82 Å². The molecule has 3 heterocycles. The van der Waals surface area contributed by atoms with Crippen LogP contribution in [-0.2, 0) is 16.1 Å². The highest BCUT2D eigenvalue weighted by molar-refractivity contribution is 6.00. The second-order valence-corrected chi connectivity index (χ2v) is 11.8. The van der Waals surface area contributed by atoms with E-state index < -0.39 is 30.9 Å². The van der Waals surface area contributed by atoms with E-state index >= 15 is 0 Å². The van der Waals surface area contributed by atoms with Crippen molar-refractivity contribution >= 4 is 46.1 Å². The number of carboxylic acids is 1. The van der Waals surface area contributed by atoms with Crippen LogP contribution in [0.5, 0.6) is 0 Å². The highest BCUT2D eigenvalue weighted by Crippen LogP contribution is 2.31. The van der Waals surface area contributed by atoms with E-state index in [1.165, 1.54) is 6.20 Å². The van der Waals surface area contributed by atoms with Gasteiger partial charge in [-0.05, 0) is 68.7 Å². The molecule has 5 rings (SSSR count). The zero-order valence-corrected chi connectivity index (χ0v) is 28.3. The summed E-state index contributed by atoms with van der Waals surface area (Å²) in [6, 6.07) is 14.5. The van der Waals surface area contributed by atoms with E-state index in [1.54, 1.807) is 66.5 Å². The number of fused-ring (bicyclic) bond motifs is 1. The number of hydrogen-bond acceptors (Lipinski definition) is 8. The van der Waals surface area contributed by atoms with E-state index in [4.69, 9.17) is 19.6 Å². The summed E-state index contributed by atoms with van der Waals surface area (Å²) in [6.45, 7) is 2.26. The number of hydrogen-bond donors (Lipinski definition) is 3. The van der Waals surface area contributed by atoms with Crippen LogP contribution in [0.4, 0.5) is 48.3 Å². The maximum absolute atomic E-state index is 13.3. The largest absolute Gasteiger partial charge is 0.490 e. The molecule has 3 N–H and O–H groups in total. The summed E-state index contributed by atoms with van der Waals surface area (Å²) in [6.07, 6.45) is -8.12. The Morgan fingerprint density at radius 3 is 1.92 bits per heavy atom. The van der Waals surface area contributed by atoms with Crippen molar-refractivity contribution in [2.24, 2.45) is 0 Å². The molecule has 0 saturated carbocycles. The standard InChI is InChI=1S/C31H35F3N8O3.C2HF3O2/c1-39(2)14-15-40(3)29(43)22-6-10-24(11-7-22)36-30(44)35-23-8-4-21(5-9-23)26-37-27(41-16-18-45-19-17-41)25-12-13-42(28(25)38-26)20-31(32,33)34;3-2(4,5)1(6)7/h4-13H,14-20H2,1-3H3,(H2,35,36,44);(H,6,7). The zero-order chi connectivity index (χ0) is 38.2. The predicted octanol–water partition coefficient (Wildman–Crippen LogP) is 5.41. The minimum absolute atomic E-state index is 0.110. The van der Waals surface area contributed by atoms with Crippen LogP contribution < -0.4 is 15.5 Å². The summed E-state index contributed by atoms with van der Waals surface area (Å²) >= 11 is 0. The zero-order valence-electron chi connectivity index (χ0n) is 28.3. The van der Waals surface area contributed by atoms with E-state index in [-0.39, 0.29) is 17.4 Å². The van der Waals surface area contributed by atoms with Gasteiger partial charge in [-0.3, -0.25) is 4.79 Å². The van der Waals surface area contributed by atoms with Gasteiger partial charge >= 0.3 is 24.4 Å². The average Bonchev–Trinajstić information content (AvgIpc) is 3.48. The van der Waals surface area contributed by atoms with Crippen LogP contribution in [0.25, 0.3) is 22.4 Å². The number of morpholine rings is 1. The second-order valence-electron chi connectivity index (χ2n) is 11.8. The summed E-state index contributed by atoms with van der Waals surface area (Å²) in [5, 5.41) is 13.2. The Bertz CT molecular complexity index is 1840. The quantitative estimate of drug-likeness (QED) is 0.192. The molecule has 1 aliphatic rings. The molecule has 13 nitrogen and oxygen atoms in total. The van der Waals surface area contributed by atoms with Gasteiger partial charge in [-0.1, -0.05) is 0 Å². The SMILES string of the molecule is CN(C)CCN(C)C(=O)c1ccc(NC(=O)Nc2ccc(-c3nc(N4CCOCC4)c4ccn(CC(F)(F)F)c4n3)cc2)cc1.O=C(O)C(F)(F)F. The number of urea groups is 1. The van der Waals surface area contributed by atoms with Crippen LogP contribution in [0.1, 0.15) is 10.4 Å². The van der Waals surface area contributed by atoms with Crippen molar-refractivity contribution in [3.8, 4) is 11.4 Å². The number of aromatic nitrogens is 3. The minimum atomic E-state index is -5.08. The molecule has 3 amide bonds. The molecule has 2 aromatic carbocycles. The molecule has 0 aliphatic carbocycles. The number of carbonyl (C=O) groups excluding carboxylic acids is 2. The summed E-state index contributed by atoms with van der Waals surface area (Å²) in [5.41, 5.74) is 2.28. The molecule has 52 heavy (non-hydrogen) atoms. The smallest absolute Gasteiger partial charge is 0.475 e. The molecular weight excluding hydrogens is 702 g/mol. The number of halogens is 6. The van der Waals surface area contributed by atoms with Crippen LogP contribution in [0.15, 0.2) is 60.8 Å². The number of rotatable bonds is 9. The Hall–Kier alpha value is -5.43. The van der Waals surface area contributed by atoms with Gasteiger partial charge in [0.25, 0.3) is 5.91 Å². The van der Waals surface area contributed by atoms with Gasteiger partial charge in [0.05, 0.1) is 18.6 Å². The minimum Gasteiger partial charge on any atom is -0.475 e. The van der Waals surface area contributed by atoms with Crippen molar-refractivity contribution in [3.05, 3.63) is 66.4 Å². The third kappa shape index (κ3) is 11.0. The van der Waals surface area contributed by atoms with E-state index in [1.807, 2.05) is 23.9 Å². The number of amides is 3. The molecule has 0 spiro atoms. The maximum Gasteiger partial charge on any atom is 0.490 e. The van der Waals surface area contributed by atoms with Gasteiger partial charge in [-0.2, -0.15) is 26.3 Å². The number of carbonyl (C=O) groups is 3. The predicted molar refractivity (Wildman–Crippen MR) is 180 cm³/mol. The van der Waals surface area contributed by atoms with Crippen LogP contribution in [0, 0.1) is 0 Å². The average molecular weight is 739 g/mol. The first kappa shape index (κ1) is 39.4. The summed E-state index contributed by atoms with van der Waals surface area (Å²) < 4.78 is 78.1. The van der Waals surface area contributed by atoms with Gasteiger partial charge in [-0.25, -0.2) is 19.6 Å². The van der Waals surface area contributed by atoms with Crippen LogP contribution >= 0.6 is 0 Å². The Balaban J connectivity index is 0.000000785. The number of nitrogens with one attached hydrogen (secondary N) is 2. The molecule has 0 atom stereocenters. The summed E-state index contributed by atoms with van der Waals surface area (Å²) in [7, 11) is 5.63. The van der Waals surface area contributed by atoms with E-state index in [0.717, 1.165) is 11.1 Å². The molecule has 280 valence electrons. The first-order valence-corrected chi connectivity index (χ1v) is 15.7.